The average Bonchev–Trinajstić information content (AvgIpc) is 1.36. The molecule has 7 heteroatoms. The summed E-state index contributed by atoms with van der Waals surface area (Å²) in [7, 11) is -4.67. The van der Waals surface area contributed by atoms with Crippen LogP contribution in [0.1, 0.15) is 0 Å². The molecule has 0 aromatic rings. The molecular weight excluding hydrogens is 483 g/mol. The summed E-state index contributed by atoms with van der Waals surface area (Å²) in [4.78, 5) is 0. The SMILES string of the molecule is O=S(=O)(O)O.[Ir][Pt]. The molecule has 0 fully saturated rings. The van der Waals surface area contributed by atoms with Gasteiger partial charge in [0.05, 0.1) is 0 Å². The molecule has 0 bridgehead atoms. The molecule has 0 atom stereocenters. The molecule has 0 aromatic heterocycles. The van der Waals surface area contributed by atoms with Crippen molar-refractivity contribution in [3.8, 4) is 0 Å². The van der Waals surface area contributed by atoms with Crippen LogP contribution in [-0.4, -0.2) is 17.5 Å². The maximum absolute atomic E-state index is 8.74. The van der Waals surface area contributed by atoms with Crippen molar-refractivity contribution in [1.82, 2.24) is 0 Å². The Balaban J connectivity index is 0. The van der Waals surface area contributed by atoms with Crippen molar-refractivity contribution in [2.45, 2.75) is 0 Å². The van der Waals surface area contributed by atoms with Crippen LogP contribution in [0.3, 0.4) is 0 Å². The van der Waals surface area contributed by atoms with Gasteiger partial charge in [-0.05, 0) is 0 Å². The van der Waals surface area contributed by atoms with Crippen molar-refractivity contribution in [2.75, 3.05) is 0 Å². The van der Waals surface area contributed by atoms with Crippen LogP contribution in [0.4, 0.5) is 0 Å². The first-order chi connectivity index (χ1) is 3.00. The summed E-state index contributed by atoms with van der Waals surface area (Å²) in [6, 6.07) is 0. The van der Waals surface area contributed by atoms with Crippen LogP contribution < -0.4 is 0 Å². The van der Waals surface area contributed by atoms with Crippen LogP contribution in [0, 0.1) is 0 Å². The second kappa shape index (κ2) is 5.35. The Morgan fingerprint density at radius 2 is 1.29 bits per heavy atom. The monoisotopic (exact) mass is 486 g/mol. The summed E-state index contributed by atoms with van der Waals surface area (Å²) in [5.74, 6) is 0. The summed E-state index contributed by atoms with van der Waals surface area (Å²) < 4.78 is 31.6. The van der Waals surface area contributed by atoms with Crippen molar-refractivity contribution in [2.24, 2.45) is 0 Å². The first-order valence-electron chi connectivity index (χ1n) is 0.804. The molecule has 0 aliphatic heterocycles. The van der Waals surface area contributed by atoms with Gasteiger partial charge in [-0.3, -0.25) is 9.11 Å². The molecule has 4 nitrogen and oxygen atoms in total. The molecule has 0 aliphatic rings. The second-order valence-corrected chi connectivity index (χ2v) is 1.34. The van der Waals surface area contributed by atoms with Gasteiger partial charge in [0, 0.05) is 0 Å². The van der Waals surface area contributed by atoms with Crippen molar-refractivity contribution < 1.29 is 50.6 Å². The fourth-order valence-electron chi connectivity index (χ4n) is 0. The van der Waals surface area contributed by atoms with E-state index in [0.717, 1.165) is 0 Å². The first kappa shape index (κ1) is 11.1. The zero-order valence-corrected chi connectivity index (χ0v) is 8.25. The van der Waals surface area contributed by atoms with E-state index in [-0.39, 0.29) is 0 Å². The minimum atomic E-state index is -4.67. The maximum atomic E-state index is 8.74. The summed E-state index contributed by atoms with van der Waals surface area (Å²) >= 11 is 4.11. The summed E-state index contributed by atoms with van der Waals surface area (Å²) in [5, 5.41) is 0. The van der Waals surface area contributed by atoms with Gasteiger partial charge in [0.1, 0.15) is 0 Å². The summed E-state index contributed by atoms with van der Waals surface area (Å²) in [6.45, 7) is 0. The van der Waals surface area contributed by atoms with Crippen LogP contribution in [-0.2, 0) is 43.4 Å². The van der Waals surface area contributed by atoms with Gasteiger partial charge in [0.25, 0.3) is 0 Å². The van der Waals surface area contributed by atoms with Gasteiger partial charge in [-0.1, -0.05) is 0 Å². The van der Waals surface area contributed by atoms with Crippen LogP contribution in [0.5, 0.6) is 0 Å². The molecule has 0 saturated heterocycles. The molecule has 0 heterocycles. The van der Waals surface area contributed by atoms with Gasteiger partial charge in [0.15, 0.2) is 0 Å². The topological polar surface area (TPSA) is 74.6 Å². The Labute approximate surface area is 60.7 Å². The van der Waals surface area contributed by atoms with E-state index < -0.39 is 10.4 Å². The Morgan fingerprint density at radius 1 is 1.29 bits per heavy atom. The van der Waals surface area contributed by atoms with Crippen molar-refractivity contribution in [3.05, 3.63) is 0 Å². The van der Waals surface area contributed by atoms with E-state index >= 15 is 0 Å². The van der Waals surface area contributed by atoms with E-state index in [1.807, 2.05) is 16.0 Å². The second-order valence-electron chi connectivity index (χ2n) is 0.448. The summed E-state index contributed by atoms with van der Waals surface area (Å²) in [5.41, 5.74) is 0. The van der Waals surface area contributed by atoms with Crippen molar-refractivity contribution in [3.63, 3.8) is 0 Å². The molecule has 0 unspecified atom stereocenters. The fraction of sp³-hybridized carbons (Fsp3) is 0. The molecule has 0 amide bonds. The van der Waals surface area contributed by atoms with E-state index in [4.69, 9.17) is 17.5 Å². The van der Waals surface area contributed by atoms with Crippen LogP contribution >= 0.6 is 0 Å². The molecule has 0 saturated carbocycles. The van der Waals surface area contributed by atoms with Gasteiger partial charge < -0.3 is 0 Å². The Kier molecular flexibility index (Phi) is 8.45. The van der Waals surface area contributed by atoms with Gasteiger partial charge in [-0.2, -0.15) is 8.42 Å². The number of hydrogen-bond donors (Lipinski definition) is 2. The average molecular weight is 485 g/mol. The molecule has 51 valence electrons. The predicted octanol–water partition coefficient (Wildman–Crippen LogP) is -0.658. The predicted molar refractivity (Wildman–Crippen MR) is 14.2 cm³/mol. The van der Waals surface area contributed by atoms with E-state index in [1.165, 1.54) is 0 Å². The minimum absolute atomic E-state index is 1.97. The third kappa shape index (κ3) is 134. The standard InChI is InChI=1S/Ir.H2O4S.Pt/c;1-5(2,3)4;/h;(H2,1,2,3,4);. The van der Waals surface area contributed by atoms with Gasteiger partial charge in [-0.15, -0.1) is 0 Å². The van der Waals surface area contributed by atoms with Gasteiger partial charge >= 0.3 is 43.4 Å². The quantitative estimate of drug-likeness (QED) is 0.447. The normalized spacial score (nSPS) is 9.43. The van der Waals surface area contributed by atoms with Crippen LogP contribution in [0.15, 0.2) is 0 Å². The van der Waals surface area contributed by atoms with Crippen LogP contribution in [0.2, 0.25) is 0 Å². The molecule has 7 heavy (non-hydrogen) atoms. The first-order valence-corrected chi connectivity index (χ1v) is 9.16. The van der Waals surface area contributed by atoms with Gasteiger partial charge in [0.2, 0.25) is 0 Å². The number of rotatable bonds is 0. The zero-order chi connectivity index (χ0) is 6.50. The van der Waals surface area contributed by atoms with E-state index in [1.54, 1.807) is 0 Å². The Morgan fingerprint density at radius 3 is 1.29 bits per heavy atom. The number of hydrogen-bond acceptors (Lipinski definition) is 2. The molecule has 0 aromatic carbocycles. The van der Waals surface area contributed by atoms with Gasteiger partial charge in [-0.25, -0.2) is 0 Å². The third-order valence-corrected chi connectivity index (χ3v) is 0. The van der Waals surface area contributed by atoms with Crippen LogP contribution in [0.25, 0.3) is 0 Å². The molecule has 0 aliphatic carbocycles. The van der Waals surface area contributed by atoms with Crippen molar-refractivity contribution in [1.29, 1.82) is 0 Å². The molecule has 0 spiro atoms. The van der Waals surface area contributed by atoms with Crippen molar-refractivity contribution >= 4 is 10.4 Å². The molecule has 0 radical (unpaired) electrons. The van der Waals surface area contributed by atoms with E-state index in [0.29, 0.717) is 0 Å². The Hall–Kier alpha value is 1.21. The molecule has 2 N–H and O–H groups in total. The fourth-order valence-corrected chi connectivity index (χ4v) is 0. The Bertz CT molecular complexity index is 94.9. The van der Waals surface area contributed by atoms with E-state index in [9.17, 15) is 0 Å². The molecular formula is H2IrO4PtS. The van der Waals surface area contributed by atoms with E-state index in [2.05, 4.69) is 17.0 Å². The zero-order valence-electron chi connectivity index (χ0n) is 2.77. The summed E-state index contributed by atoms with van der Waals surface area (Å²) in [6.07, 6.45) is 0. The molecule has 0 rings (SSSR count). The third-order valence-electron chi connectivity index (χ3n) is 0.